The molecule has 180 valence electrons. The molecule has 1 fully saturated rings. The molecule has 34 heavy (non-hydrogen) atoms. The number of amides is 3. The van der Waals surface area contributed by atoms with Crippen LogP contribution < -0.4 is 16.0 Å². The van der Waals surface area contributed by atoms with Gasteiger partial charge in [-0.2, -0.15) is 0 Å². The fraction of sp³-hybridized carbons (Fsp3) is 0.444. The fourth-order valence-corrected chi connectivity index (χ4v) is 4.96. The summed E-state index contributed by atoms with van der Waals surface area (Å²) in [6.07, 6.45) is 3.60. The third-order valence-electron chi connectivity index (χ3n) is 7.01. The topological polar surface area (TPSA) is 90.5 Å². The molecule has 2 aromatic rings. The van der Waals surface area contributed by atoms with Crippen molar-refractivity contribution in [1.82, 2.24) is 20.9 Å². The Morgan fingerprint density at radius 3 is 2.53 bits per heavy atom. The Balaban J connectivity index is 1.48. The number of hydrogen-bond donors (Lipinski definition) is 3. The highest BCUT2D eigenvalue weighted by molar-refractivity contribution is 5.93. The Bertz CT molecular complexity index is 1030. The summed E-state index contributed by atoms with van der Waals surface area (Å²) in [6, 6.07) is 16.2. The summed E-state index contributed by atoms with van der Waals surface area (Å²) in [5.74, 6) is -0.551. The molecule has 0 spiro atoms. The van der Waals surface area contributed by atoms with Crippen LogP contribution in [0.4, 0.5) is 0 Å². The maximum absolute atomic E-state index is 13.7. The standard InChI is InChI=1S/C27H34N4O3/c1-18(28-2)25(32)30-23(17-19-9-4-3-5-10-19)27(34)31-16-8-13-24(31)26(33)29-22-15-14-20-11-6-7-12-21(20)22/h3-7,9-12,18,22-24,28H,8,13-17H2,1-2H3,(H,29,33)(H,30,32)/t18-,22?,23-,24+/m0/s1. The second kappa shape index (κ2) is 10.8. The van der Waals surface area contributed by atoms with E-state index < -0.39 is 18.1 Å². The zero-order valence-electron chi connectivity index (χ0n) is 19.9. The van der Waals surface area contributed by atoms with Gasteiger partial charge in [0.15, 0.2) is 0 Å². The quantitative estimate of drug-likeness (QED) is 0.561. The van der Waals surface area contributed by atoms with Crippen LogP contribution in [-0.2, 0) is 27.2 Å². The van der Waals surface area contributed by atoms with Gasteiger partial charge < -0.3 is 20.9 Å². The second-order valence-electron chi connectivity index (χ2n) is 9.25. The van der Waals surface area contributed by atoms with Crippen molar-refractivity contribution < 1.29 is 14.4 Å². The van der Waals surface area contributed by atoms with E-state index in [4.69, 9.17) is 0 Å². The minimum absolute atomic E-state index is 0.0162. The molecule has 3 amide bonds. The summed E-state index contributed by atoms with van der Waals surface area (Å²) in [7, 11) is 1.71. The van der Waals surface area contributed by atoms with Crippen LogP contribution >= 0.6 is 0 Å². The van der Waals surface area contributed by atoms with Crippen molar-refractivity contribution in [3.05, 3.63) is 71.3 Å². The molecule has 0 bridgehead atoms. The third-order valence-corrected chi connectivity index (χ3v) is 7.01. The summed E-state index contributed by atoms with van der Waals surface area (Å²) in [4.78, 5) is 41.2. The molecular formula is C27H34N4O3. The largest absolute Gasteiger partial charge is 0.347 e. The van der Waals surface area contributed by atoms with Gasteiger partial charge in [-0.15, -0.1) is 0 Å². The monoisotopic (exact) mass is 462 g/mol. The molecule has 1 aliphatic carbocycles. The molecular weight excluding hydrogens is 428 g/mol. The highest BCUT2D eigenvalue weighted by atomic mass is 16.2. The van der Waals surface area contributed by atoms with Crippen LogP contribution in [0.15, 0.2) is 54.6 Å². The number of benzene rings is 2. The SMILES string of the molecule is CN[C@@H](C)C(=O)N[C@@H](Cc1ccccc1)C(=O)N1CCC[C@@H]1C(=O)NC1CCc2ccccc21. The zero-order valence-corrected chi connectivity index (χ0v) is 19.9. The van der Waals surface area contributed by atoms with Gasteiger partial charge in [-0.1, -0.05) is 54.6 Å². The number of likely N-dealkylation sites (N-methyl/N-ethyl adjacent to an activating group) is 1. The summed E-state index contributed by atoms with van der Waals surface area (Å²) in [5, 5.41) is 9.02. The first-order chi connectivity index (χ1) is 16.5. The van der Waals surface area contributed by atoms with E-state index in [1.165, 1.54) is 11.1 Å². The molecule has 0 aromatic heterocycles. The number of rotatable bonds is 8. The molecule has 4 atom stereocenters. The van der Waals surface area contributed by atoms with Crippen molar-refractivity contribution in [3.8, 4) is 0 Å². The maximum Gasteiger partial charge on any atom is 0.246 e. The van der Waals surface area contributed by atoms with E-state index in [2.05, 4.69) is 28.1 Å². The molecule has 7 heteroatoms. The minimum atomic E-state index is -0.730. The van der Waals surface area contributed by atoms with Gasteiger partial charge in [-0.3, -0.25) is 14.4 Å². The number of nitrogens with one attached hydrogen (secondary N) is 3. The lowest BCUT2D eigenvalue weighted by Gasteiger charge is -2.30. The van der Waals surface area contributed by atoms with Crippen molar-refractivity contribution in [2.75, 3.05) is 13.6 Å². The molecule has 1 saturated heterocycles. The lowest BCUT2D eigenvalue weighted by Crippen LogP contribution is -2.56. The van der Waals surface area contributed by atoms with Crippen LogP contribution in [0.5, 0.6) is 0 Å². The molecule has 1 unspecified atom stereocenters. The van der Waals surface area contributed by atoms with Gasteiger partial charge in [0, 0.05) is 13.0 Å². The number of fused-ring (bicyclic) bond motifs is 1. The Morgan fingerprint density at radius 1 is 1.03 bits per heavy atom. The summed E-state index contributed by atoms with van der Waals surface area (Å²) in [6.45, 7) is 2.27. The molecule has 1 aliphatic heterocycles. The van der Waals surface area contributed by atoms with Crippen molar-refractivity contribution in [2.24, 2.45) is 0 Å². The fourth-order valence-electron chi connectivity index (χ4n) is 4.96. The molecule has 7 nitrogen and oxygen atoms in total. The molecule has 2 aliphatic rings. The van der Waals surface area contributed by atoms with Gasteiger partial charge >= 0.3 is 0 Å². The van der Waals surface area contributed by atoms with Crippen LogP contribution in [0.3, 0.4) is 0 Å². The molecule has 2 aromatic carbocycles. The predicted molar refractivity (Wildman–Crippen MR) is 131 cm³/mol. The normalized spacial score (nSPS) is 20.9. The molecule has 0 radical (unpaired) electrons. The Labute approximate surface area is 201 Å². The first-order valence-electron chi connectivity index (χ1n) is 12.2. The van der Waals surface area contributed by atoms with E-state index in [-0.39, 0.29) is 23.8 Å². The smallest absolute Gasteiger partial charge is 0.246 e. The van der Waals surface area contributed by atoms with E-state index >= 15 is 0 Å². The highest BCUT2D eigenvalue weighted by Crippen LogP contribution is 2.31. The van der Waals surface area contributed by atoms with Crippen LogP contribution in [-0.4, -0.2) is 54.3 Å². The van der Waals surface area contributed by atoms with Crippen LogP contribution in [0.1, 0.15) is 48.9 Å². The van der Waals surface area contributed by atoms with Gasteiger partial charge in [0.1, 0.15) is 12.1 Å². The van der Waals surface area contributed by atoms with Crippen LogP contribution in [0.25, 0.3) is 0 Å². The maximum atomic E-state index is 13.7. The van der Waals surface area contributed by atoms with Crippen LogP contribution in [0, 0.1) is 0 Å². The Kier molecular flexibility index (Phi) is 7.63. The summed E-state index contributed by atoms with van der Waals surface area (Å²) >= 11 is 0. The molecule has 1 heterocycles. The van der Waals surface area contributed by atoms with Crippen LogP contribution in [0.2, 0.25) is 0 Å². The van der Waals surface area contributed by atoms with E-state index in [9.17, 15) is 14.4 Å². The zero-order chi connectivity index (χ0) is 24.1. The number of carbonyl (C=O) groups excluding carboxylic acids is 3. The lowest BCUT2D eigenvalue weighted by molar-refractivity contribution is -0.141. The predicted octanol–water partition coefficient (Wildman–Crippen LogP) is 2.12. The van der Waals surface area contributed by atoms with Crippen molar-refractivity contribution in [1.29, 1.82) is 0 Å². The highest BCUT2D eigenvalue weighted by Gasteiger charge is 2.39. The number of likely N-dealkylation sites (tertiary alicyclic amines) is 1. The third kappa shape index (κ3) is 5.30. The average molecular weight is 463 g/mol. The first-order valence-corrected chi connectivity index (χ1v) is 12.2. The van der Waals surface area contributed by atoms with E-state index in [0.717, 1.165) is 24.8 Å². The van der Waals surface area contributed by atoms with Crippen molar-refractivity contribution in [2.45, 2.75) is 63.2 Å². The minimum Gasteiger partial charge on any atom is -0.347 e. The van der Waals surface area contributed by atoms with Gasteiger partial charge in [0.2, 0.25) is 17.7 Å². The second-order valence-corrected chi connectivity index (χ2v) is 9.25. The Hall–Kier alpha value is -3.19. The van der Waals surface area contributed by atoms with Gasteiger partial charge in [0.25, 0.3) is 0 Å². The number of hydrogen-bond acceptors (Lipinski definition) is 4. The molecule has 0 saturated carbocycles. The number of aryl methyl sites for hydroxylation is 1. The number of carbonyl (C=O) groups is 3. The van der Waals surface area contributed by atoms with Crippen molar-refractivity contribution >= 4 is 17.7 Å². The first kappa shape index (κ1) is 24.0. The van der Waals surface area contributed by atoms with E-state index in [1.54, 1.807) is 18.9 Å². The van der Waals surface area contributed by atoms with Crippen molar-refractivity contribution in [3.63, 3.8) is 0 Å². The number of nitrogens with zero attached hydrogens (tertiary/aromatic N) is 1. The van der Waals surface area contributed by atoms with Gasteiger partial charge in [-0.05, 0) is 56.3 Å². The lowest BCUT2D eigenvalue weighted by atomic mass is 10.0. The van der Waals surface area contributed by atoms with Gasteiger partial charge in [0.05, 0.1) is 12.1 Å². The average Bonchev–Trinajstić information content (AvgIpc) is 3.51. The summed E-state index contributed by atoms with van der Waals surface area (Å²) < 4.78 is 0. The van der Waals surface area contributed by atoms with E-state index in [1.807, 2.05) is 42.5 Å². The molecule has 3 N–H and O–H groups in total. The Morgan fingerprint density at radius 2 is 1.76 bits per heavy atom. The van der Waals surface area contributed by atoms with Gasteiger partial charge in [-0.25, -0.2) is 0 Å². The van der Waals surface area contributed by atoms with E-state index in [0.29, 0.717) is 19.4 Å². The summed E-state index contributed by atoms with van der Waals surface area (Å²) in [5.41, 5.74) is 3.40. The molecule has 4 rings (SSSR count).